The third kappa shape index (κ3) is 3.36. The minimum absolute atomic E-state index is 0.0559. The maximum absolute atomic E-state index is 8.66. The van der Waals surface area contributed by atoms with Crippen molar-refractivity contribution < 1.29 is 9.84 Å². The molecule has 0 radical (unpaired) electrons. The van der Waals surface area contributed by atoms with Crippen LogP contribution >= 0.6 is 0 Å². The molecule has 2 N–H and O–H groups in total. The lowest BCUT2D eigenvalue weighted by atomic mass is 10.1. The van der Waals surface area contributed by atoms with E-state index in [-0.39, 0.29) is 6.61 Å². The van der Waals surface area contributed by atoms with E-state index in [2.05, 4.69) is 5.32 Å². The van der Waals surface area contributed by atoms with Gasteiger partial charge in [-0.15, -0.1) is 0 Å². The zero-order valence-corrected chi connectivity index (χ0v) is 8.49. The van der Waals surface area contributed by atoms with E-state index in [0.717, 1.165) is 18.7 Å². The number of para-hydroxylation sites is 1. The molecule has 0 unspecified atom stereocenters. The smallest absolute Gasteiger partial charge is 0.122 e. The van der Waals surface area contributed by atoms with Gasteiger partial charge in [-0.25, -0.2) is 0 Å². The van der Waals surface area contributed by atoms with Crippen molar-refractivity contribution in [3.63, 3.8) is 0 Å². The minimum atomic E-state index is 0.0559. The average molecular weight is 195 g/mol. The number of aliphatic hydroxyl groups excluding tert-OH is 1. The summed E-state index contributed by atoms with van der Waals surface area (Å²) in [5.74, 6) is 0.872. The van der Waals surface area contributed by atoms with E-state index in [9.17, 15) is 0 Å². The topological polar surface area (TPSA) is 41.5 Å². The van der Waals surface area contributed by atoms with Gasteiger partial charge >= 0.3 is 0 Å². The third-order valence-electron chi connectivity index (χ3n) is 1.97. The van der Waals surface area contributed by atoms with Crippen LogP contribution in [0.1, 0.15) is 5.56 Å². The van der Waals surface area contributed by atoms with Crippen molar-refractivity contribution in [3.05, 3.63) is 29.8 Å². The summed E-state index contributed by atoms with van der Waals surface area (Å²) >= 11 is 0. The average Bonchev–Trinajstić information content (AvgIpc) is 2.24. The Labute approximate surface area is 84.7 Å². The Hall–Kier alpha value is -1.06. The van der Waals surface area contributed by atoms with E-state index in [1.54, 1.807) is 0 Å². The highest BCUT2D eigenvalue weighted by molar-refractivity contribution is 5.33. The van der Waals surface area contributed by atoms with Gasteiger partial charge in [0.05, 0.1) is 6.61 Å². The largest absolute Gasteiger partial charge is 0.491 e. The molecule has 3 nitrogen and oxygen atoms in total. The van der Waals surface area contributed by atoms with E-state index in [1.807, 2.05) is 31.3 Å². The normalized spacial score (nSPS) is 10.1. The molecule has 78 valence electrons. The molecular formula is C11H17NO2. The molecule has 0 aliphatic rings. The van der Waals surface area contributed by atoms with Crippen molar-refractivity contribution in [2.45, 2.75) is 6.42 Å². The van der Waals surface area contributed by atoms with Crippen LogP contribution in [-0.4, -0.2) is 31.9 Å². The molecule has 0 spiro atoms. The third-order valence-corrected chi connectivity index (χ3v) is 1.97. The van der Waals surface area contributed by atoms with Gasteiger partial charge in [-0.3, -0.25) is 0 Å². The lowest BCUT2D eigenvalue weighted by Crippen LogP contribution is -2.11. The van der Waals surface area contributed by atoms with Crippen LogP contribution in [0.25, 0.3) is 0 Å². The van der Waals surface area contributed by atoms with Gasteiger partial charge in [-0.05, 0) is 31.6 Å². The number of likely N-dealkylation sites (N-methyl/N-ethyl adjacent to an activating group) is 1. The summed E-state index contributed by atoms with van der Waals surface area (Å²) in [6.45, 7) is 1.34. The summed E-state index contributed by atoms with van der Waals surface area (Å²) in [6.07, 6.45) is 0.943. The molecule has 0 aliphatic carbocycles. The predicted octanol–water partition coefficient (Wildman–Crippen LogP) is 0.820. The van der Waals surface area contributed by atoms with Gasteiger partial charge in [0, 0.05) is 0 Å². The second-order valence-corrected chi connectivity index (χ2v) is 3.03. The second-order valence-electron chi connectivity index (χ2n) is 3.03. The molecule has 1 aromatic carbocycles. The molecule has 0 bridgehead atoms. The van der Waals surface area contributed by atoms with Crippen LogP contribution in [0.2, 0.25) is 0 Å². The second kappa shape index (κ2) is 6.40. The standard InChI is InChI=1S/C11H17NO2/c1-12-7-6-10-4-2-3-5-11(10)14-9-8-13/h2-5,12-13H,6-9H2,1H3. The molecule has 0 aromatic heterocycles. The molecular weight excluding hydrogens is 178 g/mol. The molecule has 0 amide bonds. The summed E-state index contributed by atoms with van der Waals surface area (Å²) in [6, 6.07) is 7.91. The quantitative estimate of drug-likeness (QED) is 0.706. The van der Waals surface area contributed by atoms with Crippen molar-refractivity contribution in [3.8, 4) is 5.75 Å². The van der Waals surface area contributed by atoms with Gasteiger partial charge in [0.15, 0.2) is 0 Å². The summed E-state index contributed by atoms with van der Waals surface area (Å²) in [4.78, 5) is 0. The minimum Gasteiger partial charge on any atom is -0.491 e. The highest BCUT2D eigenvalue weighted by Crippen LogP contribution is 2.17. The van der Waals surface area contributed by atoms with E-state index in [0.29, 0.717) is 6.61 Å². The van der Waals surface area contributed by atoms with Crippen molar-refractivity contribution in [2.24, 2.45) is 0 Å². The molecule has 1 aromatic rings. The molecule has 0 saturated heterocycles. The van der Waals surface area contributed by atoms with Crippen LogP contribution in [0.15, 0.2) is 24.3 Å². The number of rotatable bonds is 6. The maximum atomic E-state index is 8.66. The molecule has 0 atom stereocenters. The Morgan fingerprint density at radius 2 is 2.14 bits per heavy atom. The van der Waals surface area contributed by atoms with Crippen LogP contribution in [0, 0.1) is 0 Å². The van der Waals surface area contributed by atoms with Crippen LogP contribution in [0.5, 0.6) is 5.75 Å². The predicted molar refractivity (Wildman–Crippen MR) is 56.7 cm³/mol. The Morgan fingerprint density at radius 1 is 1.36 bits per heavy atom. The number of hydrogen-bond acceptors (Lipinski definition) is 3. The fourth-order valence-corrected chi connectivity index (χ4v) is 1.27. The summed E-state index contributed by atoms with van der Waals surface area (Å²) in [5.41, 5.74) is 1.18. The van der Waals surface area contributed by atoms with Crippen LogP contribution in [0.4, 0.5) is 0 Å². The first kappa shape index (κ1) is 11.0. The fraction of sp³-hybridized carbons (Fsp3) is 0.455. The maximum Gasteiger partial charge on any atom is 0.122 e. The van der Waals surface area contributed by atoms with Gasteiger partial charge in [-0.2, -0.15) is 0 Å². The van der Waals surface area contributed by atoms with Crippen molar-refractivity contribution >= 4 is 0 Å². The first-order valence-corrected chi connectivity index (χ1v) is 4.84. The molecule has 0 saturated carbocycles. The van der Waals surface area contributed by atoms with Gasteiger partial charge in [-0.1, -0.05) is 18.2 Å². The Balaban J connectivity index is 2.60. The SMILES string of the molecule is CNCCc1ccccc1OCCO. The fourth-order valence-electron chi connectivity index (χ4n) is 1.27. The van der Waals surface area contributed by atoms with Crippen LogP contribution < -0.4 is 10.1 Å². The van der Waals surface area contributed by atoms with Crippen molar-refractivity contribution in [1.29, 1.82) is 0 Å². The van der Waals surface area contributed by atoms with E-state index in [4.69, 9.17) is 9.84 Å². The lowest BCUT2D eigenvalue weighted by Gasteiger charge is -2.09. The van der Waals surface area contributed by atoms with Gasteiger partial charge in [0.25, 0.3) is 0 Å². The molecule has 0 aliphatic heterocycles. The van der Waals surface area contributed by atoms with Gasteiger partial charge in [0.1, 0.15) is 12.4 Å². The van der Waals surface area contributed by atoms with Crippen molar-refractivity contribution in [1.82, 2.24) is 5.32 Å². The Morgan fingerprint density at radius 3 is 2.86 bits per heavy atom. The zero-order valence-electron chi connectivity index (χ0n) is 8.49. The lowest BCUT2D eigenvalue weighted by molar-refractivity contribution is 0.200. The van der Waals surface area contributed by atoms with E-state index < -0.39 is 0 Å². The number of hydrogen-bond donors (Lipinski definition) is 2. The van der Waals surface area contributed by atoms with Crippen LogP contribution in [0.3, 0.4) is 0 Å². The molecule has 0 fully saturated rings. The first-order valence-electron chi connectivity index (χ1n) is 4.84. The first-order chi connectivity index (χ1) is 6.88. The van der Waals surface area contributed by atoms with E-state index >= 15 is 0 Å². The highest BCUT2D eigenvalue weighted by Gasteiger charge is 2.01. The molecule has 3 heteroatoms. The van der Waals surface area contributed by atoms with Crippen LogP contribution in [-0.2, 0) is 6.42 Å². The van der Waals surface area contributed by atoms with Gasteiger partial charge < -0.3 is 15.2 Å². The molecule has 0 heterocycles. The zero-order chi connectivity index (χ0) is 10.2. The summed E-state index contributed by atoms with van der Waals surface area (Å²) < 4.78 is 5.41. The number of aliphatic hydroxyl groups is 1. The van der Waals surface area contributed by atoms with Crippen molar-refractivity contribution in [2.75, 3.05) is 26.8 Å². The summed E-state index contributed by atoms with van der Waals surface area (Å²) in [7, 11) is 1.93. The molecule has 14 heavy (non-hydrogen) atoms. The number of nitrogens with one attached hydrogen (secondary N) is 1. The van der Waals surface area contributed by atoms with Gasteiger partial charge in [0.2, 0.25) is 0 Å². The highest BCUT2D eigenvalue weighted by atomic mass is 16.5. The summed E-state index contributed by atoms with van der Waals surface area (Å²) in [5, 5.41) is 11.8. The number of benzene rings is 1. The molecule has 1 rings (SSSR count). The van der Waals surface area contributed by atoms with E-state index in [1.165, 1.54) is 5.56 Å². The monoisotopic (exact) mass is 195 g/mol. The Kier molecular flexibility index (Phi) is 5.04. The number of ether oxygens (including phenoxy) is 1. The Bertz CT molecular complexity index is 236.